The number of aliphatic carboxylic acids is 1. The Bertz CT molecular complexity index is 247. The molecule has 0 aliphatic rings. The lowest BCUT2D eigenvalue weighted by atomic mass is 10.1. The Balaban J connectivity index is 3.84. The van der Waals surface area contributed by atoms with Gasteiger partial charge in [0.2, 0.25) is 0 Å². The molecule has 0 aliphatic carbocycles. The summed E-state index contributed by atoms with van der Waals surface area (Å²) in [5.74, 6) is -0.830. The Morgan fingerprint density at radius 3 is 2.38 bits per heavy atom. The minimum atomic E-state index is -0.830. The average molecular weight is 224 g/mol. The van der Waals surface area contributed by atoms with Crippen molar-refractivity contribution >= 4 is 5.97 Å². The van der Waals surface area contributed by atoms with Crippen LogP contribution in [0, 0.1) is 0 Å². The molecule has 0 saturated carbocycles. The zero-order chi connectivity index (χ0) is 12.2. The third-order valence-corrected chi connectivity index (χ3v) is 2.49. The molecule has 2 heteroatoms. The van der Waals surface area contributed by atoms with E-state index in [1.807, 2.05) is 13.0 Å². The van der Waals surface area contributed by atoms with E-state index in [-0.39, 0.29) is 0 Å². The zero-order valence-electron chi connectivity index (χ0n) is 10.6. The number of hydrogen-bond donors (Lipinski definition) is 1. The highest BCUT2D eigenvalue weighted by atomic mass is 16.4. The van der Waals surface area contributed by atoms with Crippen LogP contribution in [0.15, 0.2) is 17.4 Å². The molecule has 0 aromatic carbocycles. The van der Waals surface area contributed by atoms with Crippen molar-refractivity contribution < 1.29 is 9.90 Å². The molecule has 0 bridgehead atoms. The maximum Gasteiger partial charge on any atom is 0.339 e. The SMILES string of the molecule is CCCCCCCC=C=C(CCC)C(=O)O. The molecule has 0 aliphatic heterocycles. The fourth-order valence-corrected chi connectivity index (χ4v) is 1.54. The van der Waals surface area contributed by atoms with Crippen molar-refractivity contribution in [3.63, 3.8) is 0 Å². The van der Waals surface area contributed by atoms with E-state index in [0.29, 0.717) is 12.0 Å². The number of carboxylic acid groups (broad SMARTS) is 1. The van der Waals surface area contributed by atoms with Crippen LogP contribution in [0.25, 0.3) is 0 Å². The van der Waals surface area contributed by atoms with Crippen molar-refractivity contribution in [3.8, 4) is 0 Å². The molecule has 2 nitrogen and oxygen atoms in total. The molecule has 92 valence electrons. The lowest BCUT2D eigenvalue weighted by Gasteiger charge is -1.96. The zero-order valence-corrected chi connectivity index (χ0v) is 10.6. The van der Waals surface area contributed by atoms with E-state index in [9.17, 15) is 4.79 Å². The Labute approximate surface area is 99.1 Å². The molecular formula is C14H24O2. The Morgan fingerprint density at radius 2 is 1.81 bits per heavy atom. The van der Waals surface area contributed by atoms with Gasteiger partial charge >= 0.3 is 5.97 Å². The average Bonchev–Trinajstić information content (AvgIpc) is 2.26. The fraction of sp³-hybridized carbons (Fsp3) is 0.714. The molecule has 0 spiro atoms. The summed E-state index contributed by atoms with van der Waals surface area (Å²) in [6, 6.07) is 0. The van der Waals surface area contributed by atoms with Gasteiger partial charge in [0, 0.05) is 0 Å². The van der Waals surface area contributed by atoms with E-state index >= 15 is 0 Å². The van der Waals surface area contributed by atoms with Gasteiger partial charge in [-0.2, -0.15) is 0 Å². The van der Waals surface area contributed by atoms with Crippen LogP contribution in [0.3, 0.4) is 0 Å². The van der Waals surface area contributed by atoms with Crippen LogP contribution in [0.5, 0.6) is 0 Å². The Morgan fingerprint density at radius 1 is 1.12 bits per heavy atom. The summed E-state index contributed by atoms with van der Waals surface area (Å²) in [6.07, 6.45) is 10.5. The second-order valence-corrected chi connectivity index (χ2v) is 4.09. The number of carbonyl (C=O) groups is 1. The van der Waals surface area contributed by atoms with Gasteiger partial charge in [-0.05, 0) is 25.3 Å². The first-order valence-corrected chi connectivity index (χ1v) is 6.39. The van der Waals surface area contributed by atoms with E-state index in [1.54, 1.807) is 0 Å². The van der Waals surface area contributed by atoms with Gasteiger partial charge in [0.1, 0.15) is 0 Å². The number of hydrogen-bond acceptors (Lipinski definition) is 1. The van der Waals surface area contributed by atoms with E-state index in [0.717, 1.165) is 19.3 Å². The van der Waals surface area contributed by atoms with E-state index < -0.39 is 5.97 Å². The molecule has 0 aromatic rings. The number of unbranched alkanes of at least 4 members (excludes halogenated alkanes) is 5. The summed E-state index contributed by atoms with van der Waals surface area (Å²) in [5, 5.41) is 8.86. The third-order valence-electron chi connectivity index (χ3n) is 2.49. The summed E-state index contributed by atoms with van der Waals surface area (Å²) < 4.78 is 0. The van der Waals surface area contributed by atoms with Gasteiger partial charge in [-0.1, -0.05) is 46.0 Å². The second-order valence-electron chi connectivity index (χ2n) is 4.09. The summed E-state index contributed by atoms with van der Waals surface area (Å²) in [7, 11) is 0. The van der Waals surface area contributed by atoms with Crippen LogP contribution in [-0.4, -0.2) is 11.1 Å². The van der Waals surface area contributed by atoms with Crippen molar-refractivity contribution in [1.29, 1.82) is 0 Å². The van der Waals surface area contributed by atoms with Crippen molar-refractivity contribution in [2.45, 2.75) is 65.2 Å². The van der Waals surface area contributed by atoms with E-state index in [4.69, 9.17) is 5.11 Å². The first kappa shape index (κ1) is 15.0. The number of rotatable bonds is 9. The van der Waals surface area contributed by atoms with Crippen LogP contribution in [0.4, 0.5) is 0 Å². The van der Waals surface area contributed by atoms with E-state index in [2.05, 4.69) is 12.7 Å². The maximum absolute atomic E-state index is 10.8. The van der Waals surface area contributed by atoms with Crippen LogP contribution in [0.2, 0.25) is 0 Å². The van der Waals surface area contributed by atoms with Gasteiger partial charge in [-0.25, -0.2) is 4.79 Å². The van der Waals surface area contributed by atoms with Gasteiger partial charge < -0.3 is 5.11 Å². The molecular weight excluding hydrogens is 200 g/mol. The summed E-state index contributed by atoms with van der Waals surface area (Å²) in [5.41, 5.74) is 3.32. The predicted molar refractivity (Wildman–Crippen MR) is 67.5 cm³/mol. The molecule has 0 unspecified atom stereocenters. The van der Waals surface area contributed by atoms with Gasteiger partial charge in [0.05, 0.1) is 5.57 Å². The summed E-state index contributed by atoms with van der Waals surface area (Å²) >= 11 is 0. The molecule has 0 radical (unpaired) electrons. The third kappa shape index (κ3) is 8.31. The topological polar surface area (TPSA) is 37.3 Å². The van der Waals surface area contributed by atoms with Crippen molar-refractivity contribution in [3.05, 3.63) is 17.4 Å². The van der Waals surface area contributed by atoms with Crippen molar-refractivity contribution in [2.75, 3.05) is 0 Å². The normalized spacial score (nSPS) is 9.62. The Hall–Kier alpha value is -1.01. The number of carboxylic acids is 1. The summed E-state index contributed by atoms with van der Waals surface area (Å²) in [6.45, 7) is 4.18. The van der Waals surface area contributed by atoms with Crippen LogP contribution in [0.1, 0.15) is 65.2 Å². The van der Waals surface area contributed by atoms with Crippen LogP contribution < -0.4 is 0 Å². The first-order valence-electron chi connectivity index (χ1n) is 6.39. The minimum Gasteiger partial charge on any atom is -0.477 e. The van der Waals surface area contributed by atoms with Crippen molar-refractivity contribution in [2.24, 2.45) is 0 Å². The highest BCUT2D eigenvalue weighted by Crippen LogP contribution is 2.06. The fourth-order valence-electron chi connectivity index (χ4n) is 1.54. The standard InChI is InChI=1S/C14H24O2/c1-3-5-6-7-8-9-10-12-13(11-4-2)14(15)16/h10H,3-9,11H2,1-2H3,(H,15,16). The highest BCUT2D eigenvalue weighted by Gasteiger charge is 2.03. The summed E-state index contributed by atoms with van der Waals surface area (Å²) in [4.78, 5) is 10.8. The second kappa shape index (κ2) is 10.5. The minimum absolute atomic E-state index is 0.413. The molecule has 0 aromatic heterocycles. The molecule has 0 amide bonds. The van der Waals surface area contributed by atoms with Crippen LogP contribution >= 0.6 is 0 Å². The largest absolute Gasteiger partial charge is 0.477 e. The lowest BCUT2D eigenvalue weighted by molar-refractivity contribution is -0.132. The van der Waals surface area contributed by atoms with Gasteiger partial charge in [-0.15, -0.1) is 5.73 Å². The molecule has 1 N–H and O–H groups in total. The van der Waals surface area contributed by atoms with E-state index in [1.165, 1.54) is 25.7 Å². The molecule has 0 fully saturated rings. The monoisotopic (exact) mass is 224 g/mol. The smallest absolute Gasteiger partial charge is 0.339 e. The molecule has 0 atom stereocenters. The van der Waals surface area contributed by atoms with Crippen molar-refractivity contribution in [1.82, 2.24) is 0 Å². The van der Waals surface area contributed by atoms with Gasteiger partial charge in [0.25, 0.3) is 0 Å². The molecule has 0 heterocycles. The highest BCUT2D eigenvalue weighted by molar-refractivity contribution is 5.86. The van der Waals surface area contributed by atoms with Gasteiger partial charge in [-0.3, -0.25) is 0 Å². The van der Waals surface area contributed by atoms with Gasteiger partial charge in [0.15, 0.2) is 0 Å². The van der Waals surface area contributed by atoms with Crippen LogP contribution in [-0.2, 0) is 4.79 Å². The quantitative estimate of drug-likeness (QED) is 0.360. The lowest BCUT2D eigenvalue weighted by Crippen LogP contribution is -1.98. The predicted octanol–water partition coefficient (Wildman–Crippen LogP) is 4.31. The molecule has 0 saturated heterocycles. The first-order chi connectivity index (χ1) is 7.72. The Kier molecular flexibility index (Phi) is 9.84. The molecule has 16 heavy (non-hydrogen) atoms. The maximum atomic E-state index is 10.8. The molecule has 0 rings (SSSR count).